The number of hydrogen-bond acceptors (Lipinski definition) is 3. The van der Waals surface area contributed by atoms with Gasteiger partial charge in [-0.25, -0.2) is 0 Å². The van der Waals surface area contributed by atoms with E-state index in [2.05, 4.69) is 10.6 Å². The van der Waals surface area contributed by atoms with Crippen LogP contribution in [0.25, 0.3) is 0 Å². The zero-order valence-electron chi connectivity index (χ0n) is 11.3. The third-order valence-corrected chi connectivity index (χ3v) is 3.81. The van der Waals surface area contributed by atoms with E-state index in [0.717, 1.165) is 25.9 Å². The zero-order valence-corrected chi connectivity index (χ0v) is 11.3. The number of aliphatic carboxylic acids is 1. The van der Waals surface area contributed by atoms with Gasteiger partial charge in [0.25, 0.3) is 0 Å². The molecule has 0 aromatic rings. The molecule has 104 valence electrons. The molecular formula is C13H24N2O3. The molecule has 2 unspecified atom stereocenters. The lowest BCUT2D eigenvalue weighted by atomic mass is 9.83. The number of hydrogen-bond donors (Lipinski definition) is 3. The highest BCUT2D eigenvalue weighted by Gasteiger charge is 2.39. The molecule has 0 bridgehead atoms. The molecule has 0 spiro atoms. The SMILES string of the molecule is CCC1(C(=O)NC(C)CCCC(=O)O)CCNC1. The molecule has 1 amide bonds. The number of carboxylic acid groups (broad SMARTS) is 1. The Morgan fingerprint density at radius 2 is 2.22 bits per heavy atom. The van der Waals surface area contributed by atoms with Gasteiger partial charge in [-0.05, 0) is 39.2 Å². The third kappa shape index (κ3) is 3.98. The van der Waals surface area contributed by atoms with Gasteiger partial charge in [0.15, 0.2) is 0 Å². The van der Waals surface area contributed by atoms with Crippen molar-refractivity contribution >= 4 is 11.9 Å². The summed E-state index contributed by atoms with van der Waals surface area (Å²) in [7, 11) is 0. The predicted octanol–water partition coefficient (Wildman–Crippen LogP) is 1.14. The topological polar surface area (TPSA) is 78.4 Å². The maximum absolute atomic E-state index is 12.2. The summed E-state index contributed by atoms with van der Waals surface area (Å²) in [5.74, 6) is -0.670. The Hall–Kier alpha value is -1.10. The lowest BCUT2D eigenvalue weighted by Gasteiger charge is -2.27. The van der Waals surface area contributed by atoms with Gasteiger partial charge in [0, 0.05) is 19.0 Å². The van der Waals surface area contributed by atoms with Crippen molar-refractivity contribution < 1.29 is 14.7 Å². The van der Waals surface area contributed by atoms with Crippen LogP contribution < -0.4 is 10.6 Å². The van der Waals surface area contributed by atoms with E-state index in [1.165, 1.54) is 0 Å². The number of nitrogens with one attached hydrogen (secondary N) is 2. The fraction of sp³-hybridized carbons (Fsp3) is 0.846. The molecule has 5 heteroatoms. The molecule has 2 atom stereocenters. The van der Waals surface area contributed by atoms with Crippen LogP contribution in [0.5, 0.6) is 0 Å². The quantitative estimate of drug-likeness (QED) is 0.638. The molecule has 3 N–H and O–H groups in total. The first-order valence-electron chi connectivity index (χ1n) is 6.73. The van der Waals surface area contributed by atoms with E-state index in [0.29, 0.717) is 12.8 Å². The van der Waals surface area contributed by atoms with Gasteiger partial charge in [-0.1, -0.05) is 6.92 Å². The lowest BCUT2D eigenvalue weighted by Crippen LogP contribution is -2.45. The standard InChI is InChI=1S/C13H24N2O3/c1-3-13(7-8-14-9-13)12(18)15-10(2)5-4-6-11(16)17/h10,14H,3-9H2,1-2H3,(H,15,18)(H,16,17). The fourth-order valence-corrected chi connectivity index (χ4v) is 2.41. The van der Waals surface area contributed by atoms with Crippen molar-refractivity contribution in [3.8, 4) is 0 Å². The first-order chi connectivity index (χ1) is 8.50. The van der Waals surface area contributed by atoms with E-state index in [1.54, 1.807) is 0 Å². The number of carbonyl (C=O) groups is 2. The van der Waals surface area contributed by atoms with Crippen molar-refractivity contribution in [2.45, 2.75) is 52.0 Å². The summed E-state index contributed by atoms with van der Waals surface area (Å²) in [5.41, 5.74) is -0.263. The number of carbonyl (C=O) groups excluding carboxylic acids is 1. The van der Waals surface area contributed by atoms with Gasteiger partial charge in [-0.15, -0.1) is 0 Å². The first-order valence-corrected chi connectivity index (χ1v) is 6.73. The van der Waals surface area contributed by atoms with E-state index in [-0.39, 0.29) is 23.8 Å². The monoisotopic (exact) mass is 256 g/mol. The Morgan fingerprint density at radius 1 is 1.50 bits per heavy atom. The van der Waals surface area contributed by atoms with Crippen LogP contribution in [0.3, 0.4) is 0 Å². The summed E-state index contributed by atoms with van der Waals surface area (Å²) in [4.78, 5) is 22.7. The van der Waals surface area contributed by atoms with Crippen molar-refractivity contribution in [2.75, 3.05) is 13.1 Å². The van der Waals surface area contributed by atoms with E-state index in [9.17, 15) is 9.59 Å². The predicted molar refractivity (Wildman–Crippen MR) is 69.3 cm³/mol. The van der Waals surface area contributed by atoms with Gasteiger partial charge in [0.1, 0.15) is 0 Å². The van der Waals surface area contributed by atoms with Crippen LogP contribution in [0, 0.1) is 5.41 Å². The normalized spacial score (nSPS) is 24.8. The van der Waals surface area contributed by atoms with E-state index < -0.39 is 5.97 Å². The molecule has 0 aromatic heterocycles. The van der Waals surface area contributed by atoms with Crippen LogP contribution in [0.4, 0.5) is 0 Å². The zero-order chi connectivity index (χ0) is 13.6. The Bertz CT molecular complexity index is 299. The van der Waals surface area contributed by atoms with Gasteiger partial charge >= 0.3 is 5.97 Å². The molecule has 5 nitrogen and oxygen atoms in total. The summed E-state index contributed by atoms with van der Waals surface area (Å²) < 4.78 is 0. The molecule has 1 aliphatic rings. The molecule has 0 aromatic carbocycles. The van der Waals surface area contributed by atoms with Crippen molar-refractivity contribution in [3.63, 3.8) is 0 Å². The summed E-state index contributed by atoms with van der Waals surface area (Å²) in [6, 6.07) is 0.0425. The smallest absolute Gasteiger partial charge is 0.303 e. The van der Waals surface area contributed by atoms with Gasteiger partial charge < -0.3 is 15.7 Å². The third-order valence-electron chi connectivity index (χ3n) is 3.81. The fourth-order valence-electron chi connectivity index (χ4n) is 2.41. The number of amides is 1. The summed E-state index contributed by atoms with van der Waals surface area (Å²) in [6.45, 7) is 5.62. The molecule has 0 aliphatic carbocycles. The summed E-state index contributed by atoms with van der Waals surface area (Å²) in [6.07, 6.45) is 3.21. The largest absolute Gasteiger partial charge is 0.481 e. The average Bonchev–Trinajstić information content (AvgIpc) is 2.78. The van der Waals surface area contributed by atoms with Gasteiger partial charge in [-0.3, -0.25) is 9.59 Å². The molecule has 1 fully saturated rings. The molecule has 0 saturated carbocycles. The van der Waals surface area contributed by atoms with Gasteiger partial charge in [0.2, 0.25) is 5.91 Å². The van der Waals surface area contributed by atoms with Crippen LogP contribution in [0.2, 0.25) is 0 Å². The summed E-state index contributed by atoms with van der Waals surface area (Å²) >= 11 is 0. The van der Waals surface area contributed by atoms with Gasteiger partial charge in [0.05, 0.1) is 5.41 Å². The minimum Gasteiger partial charge on any atom is -0.481 e. The molecule has 18 heavy (non-hydrogen) atoms. The maximum Gasteiger partial charge on any atom is 0.303 e. The summed E-state index contributed by atoms with van der Waals surface area (Å²) in [5, 5.41) is 14.8. The minimum absolute atomic E-state index is 0.0425. The van der Waals surface area contributed by atoms with Crippen molar-refractivity contribution in [2.24, 2.45) is 5.41 Å². The van der Waals surface area contributed by atoms with E-state index in [4.69, 9.17) is 5.11 Å². The van der Waals surface area contributed by atoms with Crippen molar-refractivity contribution in [1.82, 2.24) is 10.6 Å². The van der Waals surface area contributed by atoms with Crippen LogP contribution in [-0.2, 0) is 9.59 Å². The van der Waals surface area contributed by atoms with Crippen LogP contribution in [0.15, 0.2) is 0 Å². The Labute approximate surface area is 108 Å². The molecule has 1 heterocycles. The molecular weight excluding hydrogens is 232 g/mol. The second kappa shape index (κ2) is 6.73. The van der Waals surface area contributed by atoms with E-state index in [1.807, 2.05) is 13.8 Å². The molecule has 1 aliphatic heterocycles. The Balaban J connectivity index is 2.36. The maximum atomic E-state index is 12.2. The molecule has 1 saturated heterocycles. The highest BCUT2D eigenvalue weighted by Crippen LogP contribution is 2.29. The van der Waals surface area contributed by atoms with Gasteiger partial charge in [-0.2, -0.15) is 0 Å². The van der Waals surface area contributed by atoms with Crippen LogP contribution >= 0.6 is 0 Å². The molecule has 0 radical (unpaired) electrons. The molecule has 1 rings (SSSR count). The highest BCUT2D eigenvalue weighted by molar-refractivity contribution is 5.83. The van der Waals surface area contributed by atoms with Crippen molar-refractivity contribution in [3.05, 3.63) is 0 Å². The lowest BCUT2D eigenvalue weighted by molar-refractivity contribution is -0.137. The highest BCUT2D eigenvalue weighted by atomic mass is 16.4. The second-order valence-electron chi connectivity index (χ2n) is 5.22. The second-order valence-corrected chi connectivity index (χ2v) is 5.22. The Morgan fingerprint density at radius 3 is 2.72 bits per heavy atom. The van der Waals surface area contributed by atoms with Crippen LogP contribution in [-0.4, -0.2) is 36.1 Å². The van der Waals surface area contributed by atoms with E-state index >= 15 is 0 Å². The number of rotatable bonds is 7. The van der Waals surface area contributed by atoms with Crippen molar-refractivity contribution in [1.29, 1.82) is 0 Å². The minimum atomic E-state index is -0.779. The average molecular weight is 256 g/mol. The van der Waals surface area contributed by atoms with Crippen LogP contribution in [0.1, 0.15) is 46.0 Å². The Kier molecular flexibility index (Phi) is 5.59. The number of carboxylic acids is 1. The first kappa shape index (κ1) is 15.0.